The molecule has 9 heteroatoms. The van der Waals surface area contributed by atoms with Gasteiger partial charge in [-0.2, -0.15) is 5.10 Å². The van der Waals surface area contributed by atoms with Gasteiger partial charge in [-0.3, -0.25) is 14.8 Å². The molecule has 0 radical (unpaired) electrons. The van der Waals surface area contributed by atoms with Gasteiger partial charge in [0.05, 0.1) is 28.0 Å². The summed E-state index contributed by atoms with van der Waals surface area (Å²) in [5, 5.41) is 18.5. The van der Waals surface area contributed by atoms with Crippen LogP contribution in [-0.2, 0) is 11.9 Å². The maximum atomic E-state index is 11.7. The molecule has 0 aliphatic carbocycles. The summed E-state index contributed by atoms with van der Waals surface area (Å²) in [4.78, 5) is 26.4. The van der Waals surface area contributed by atoms with Crippen LogP contribution in [0.1, 0.15) is 21.6 Å². The van der Waals surface area contributed by atoms with E-state index in [0.29, 0.717) is 16.4 Å². The number of oxime groups is 1. The molecule has 8 nitrogen and oxygen atoms in total. The number of nitrogens with zero attached hydrogens (tertiary/aromatic N) is 4. The molecule has 0 saturated carbocycles. The topological polar surface area (TPSA) is 99.6 Å². The second-order valence-electron chi connectivity index (χ2n) is 4.33. The summed E-state index contributed by atoms with van der Waals surface area (Å²) in [5.74, 6) is -0.733. The molecule has 0 bridgehead atoms. The van der Waals surface area contributed by atoms with Crippen LogP contribution in [-0.4, -0.2) is 26.9 Å². The molecular formula is C13H11ClN4O4. The van der Waals surface area contributed by atoms with E-state index in [1.165, 1.54) is 35.2 Å². The largest absolute Gasteiger partial charge is 0.365 e. The van der Waals surface area contributed by atoms with E-state index in [9.17, 15) is 14.9 Å². The van der Waals surface area contributed by atoms with Crippen LogP contribution in [0, 0.1) is 17.0 Å². The molecule has 2 rings (SSSR count). The van der Waals surface area contributed by atoms with Gasteiger partial charge in [-0.15, -0.1) is 0 Å². The minimum absolute atomic E-state index is 0.113. The fraction of sp³-hybridized carbons (Fsp3) is 0.154. The lowest BCUT2D eigenvalue weighted by Crippen LogP contribution is -2.01. The SMILES string of the molecule is Cc1nn(C)c(Cl)c1/C=N\OC(=O)c1ccc([N+](=O)[O-])cc1. The average molecular weight is 323 g/mol. The molecule has 0 fully saturated rings. The summed E-state index contributed by atoms with van der Waals surface area (Å²) < 4.78 is 1.47. The number of nitro benzene ring substituents is 1. The molecule has 0 aliphatic heterocycles. The Morgan fingerprint density at radius 2 is 2.09 bits per heavy atom. The highest BCUT2D eigenvalue weighted by Crippen LogP contribution is 2.16. The standard InChI is InChI=1S/C13H11ClN4O4/c1-8-11(12(14)17(2)16-8)7-15-22-13(19)9-3-5-10(6-4-9)18(20)21/h3-7H,1-2H3/b15-7-. The Bertz CT molecular complexity index is 752. The number of nitro groups is 1. The van der Waals surface area contributed by atoms with Crippen molar-refractivity contribution in [3.05, 3.63) is 56.4 Å². The van der Waals surface area contributed by atoms with Crippen LogP contribution < -0.4 is 0 Å². The molecule has 1 aromatic heterocycles. The van der Waals surface area contributed by atoms with Gasteiger partial charge in [0.25, 0.3) is 5.69 Å². The molecule has 0 saturated heterocycles. The van der Waals surface area contributed by atoms with Gasteiger partial charge in [-0.1, -0.05) is 16.8 Å². The molecule has 0 atom stereocenters. The number of halogens is 1. The monoisotopic (exact) mass is 322 g/mol. The Morgan fingerprint density at radius 1 is 1.45 bits per heavy atom. The van der Waals surface area contributed by atoms with Gasteiger partial charge < -0.3 is 4.84 Å². The Labute approximate surface area is 130 Å². The molecule has 0 aliphatic rings. The van der Waals surface area contributed by atoms with Crippen molar-refractivity contribution in [3.63, 3.8) is 0 Å². The maximum absolute atomic E-state index is 11.7. The van der Waals surface area contributed by atoms with Gasteiger partial charge in [0, 0.05) is 19.2 Å². The van der Waals surface area contributed by atoms with Crippen molar-refractivity contribution in [2.24, 2.45) is 12.2 Å². The summed E-state index contributed by atoms with van der Waals surface area (Å²) >= 11 is 6.00. The first-order valence-electron chi connectivity index (χ1n) is 6.08. The molecule has 0 unspecified atom stereocenters. The van der Waals surface area contributed by atoms with Crippen LogP contribution in [0.5, 0.6) is 0 Å². The number of carbonyl (C=O) groups excluding carboxylic acids is 1. The maximum Gasteiger partial charge on any atom is 0.365 e. The van der Waals surface area contributed by atoms with Gasteiger partial charge in [-0.05, 0) is 19.1 Å². The number of aromatic nitrogens is 2. The molecule has 1 aromatic carbocycles. The molecular weight excluding hydrogens is 312 g/mol. The van der Waals surface area contributed by atoms with Gasteiger partial charge in [0.1, 0.15) is 5.15 Å². The second kappa shape index (κ2) is 6.35. The van der Waals surface area contributed by atoms with E-state index in [1.807, 2.05) is 0 Å². The summed E-state index contributed by atoms with van der Waals surface area (Å²) in [7, 11) is 1.68. The van der Waals surface area contributed by atoms with E-state index in [4.69, 9.17) is 16.4 Å². The summed E-state index contributed by atoms with van der Waals surface area (Å²) in [6, 6.07) is 5.00. The third-order valence-corrected chi connectivity index (χ3v) is 3.28. The lowest BCUT2D eigenvalue weighted by molar-refractivity contribution is -0.384. The zero-order chi connectivity index (χ0) is 16.3. The van der Waals surface area contributed by atoms with Crippen LogP contribution in [0.3, 0.4) is 0 Å². The van der Waals surface area contributed by atoms with Crippen LogP contribution >= 0.6 is 11.6 Å². The van der Waals surface area contributed by atoms with Crippen molar-refractivity contribution in [1.82, 2.24) is 9.78 Å². The first kappa shape index (κ1) is 15.6. The zero-order valence-electron chi connectivity index (χ0n) is 11.7. The highest BCUT2D eigenvalue weighted by Gasteiger charge is 2.12. The first-order valence-corrected chi connectivity index (χ1v) is 6.46. The van der Waals surface area contributed by atoms with Gasteiger partial charge in [0.2, 0.25) is 0 Å². The molecule has 22 heavy (non-hydrogen) atoms. The summed E-state index contributed by atoms with van der Waals surface area (Å²) in [5.41, 5.74) is 1.22. The Morgan fingerprint density at radius 3 is 2.59 bits per heavy atom. The van der Waals surface area contributed by atoms with Gasteiger partial charge >= 0.3 is 5.97 Å². The number of benzene rings is 1. The smallest absolute Gasteiger partial charge is 0.313 e. The minimum Gasteiger partial charge on any atom is -0.313 e. The van der Waals surface area contributed by atoms with Crippen molar-refractivity contribution in [2.45, 2.75) is 6.92 Å². The van der Waals surface area contributed by atoms with Crippen molar-refractivity contribution in [3.8, 4) is 0 Å². The fourth-order valence-corrected chi connectivity index (χ4v) is 1.92. The molecule has 0 amide bonds. The van der Waals surface area contributed by atoms with Crippen LogP contribution in [0.2, 0.25) is 5.15 Å². The Balaban J connectivity index is 2.06. The quantitative estimate of drug-likeness (QED) is 0.372. The number of hydrogen-bond acceptors (Lipinski definition) is 6. The first-order chi connectivity index (χ1) is 10.4. The minimum atomic E-state index is -0.733. The molecule has 0 N–H and O–H groups in total. The molecule has 1 heterocycles. The Kier molecular flexibility index (Phi) is 4.52. The van der Waals surface area contributed by atoms with Crippen LogP contribution in [0.15, 0.2) is 29.4 Å². The Hall–Kier alpha value is -2.74. The zero-order valence-corrected chi connectivity index (χ0v) is 12.4. The van der Waals surface area contributed by atoms with E-state index in [1.54, 1.807) is 14.0 Å². The number of rotatable bonds is 4. The normalized spacial score (nSPS) is 10.9. The highest BCUT2D eigenvalue weighted by atomic mass is 35.5. The van der Waals surface area contributed by atoms with Crippen LogP contribution in [0.4, 0.5) is 5.69 Å². The van der Waals surface area contributed by atoms with Gasteiger partial charge in [-0.25, -0.2) is 4.79 Å². The number of non-ortho nitro benzene ring substituents is 1. The molecule has 0 spiro atoms. The summed E-state index contributed by atoms with van der Waals surface area (Å²) in [6.07, 6.45) is 1.29. The van der Waals surface area contributed by atoms with Gasteiger partial charge in [0.15, 0.2) is 0 Å². The fourth-order valence-electron chi connectivity index (χ4n) is 1.69. The predicted molar refractivity (Wildman–Crippen MR) is 79.1 cm³/mol. The van der Waals surface area contributed by atoms with E-state index in [-0.39, 0.29) is 11.3 Å². The predicted octanol–water partition coefficient (Wildman–Crippen LogP) is 2.48. The lowest BCUT2D eigenvalue weighted by atomic mass is 10.2. The third-order valence-electron chi connectivity index (χ3n) is 2.83. The number of aryl methyl sites for hydroxylation is 2. The van der Waals surface area contributed by atoms with E-state index >= 15 is 0 Å². The average Bonchev–Trinajstić information content (AvgIpc) is 2.73. The third kappa shape index (κ3) is 3.29. The second-order valence-corrected chi connectivity index (χ2v) is 4.69. The van der Waals surface area contributed by atoms with Crippen molar-refractivity contribution >= 4 is 29.5 Å². The summed E-state index contributed by atoms with van der Waals surface area (Å²) in [6.45, 7) is 1.74. The molecule has 2 aromatic rings. The number of hydrogen-bond donors (Lipinski definition) is 0. The number of carbonyl (C=O) groups is 1. The van der Waals surface area contributed by atoms with Crippen LogP contribution in [0.25, 0.3) is 0 Å². The lowest BCUT2D eigenvalue weighted by Gasteiger charge is -1.97. The van der Waals surface area contributed by atoms with E-state index in [2.05, 4.69) is 10.3 Å². The van der Waals surface area contributed by atoms with Crippen molar-refractivity contribution in [1.29, 1.82) is 0 Å². The van der Waals surface area contributed by atoms with E-state index in [0.717, 1.165) is 0 Å². The van der Waals surface area contributed by atoms with Crippen molar-refractivity contribution in [2.75, 3.05) is 0 Å². The highest BCUT2D eigenvalue weighted by molar-refractivity contribution is 6.32. The van der Waals surface area contributed by atoms with E-state index < -0.39 is 10.9 Å². The van der Waals surface area contributed by atoms with Crippen molar-refractivity contribution < 1.29 is 14.6 Å². The molecule has 114 valence electrons.